The standard InChI is InChI=1S/C6H7NO2/c7-4-2-1-3-5(8)6(4)9/h1-3,5,8H,7H2. The third-order valence-corrected chi connectivity index (χ3v) is 1.12. The van der Waals surface area contributed by atoms with Crippen molar-refractivity contribution in [1.29, 1.82) is 0 Å². The molecule has 0 radical (unpaired) electrons. The molecule has 3 heteroatoms. The van der Waals surface area contributed by atoms with Crippen molar-refractivity contribution in [2.75, 3.05) is 0 Å². The van der Waals surface area contributed by atoms with E-state index in [9.17, 15) is 4.79 Å². The van der Waals surface area contributed by atoms with E-state index >= 15 is 0 Å². The van der Waals surface area contributed by atoms with E-state index in [1.165, 1.54) is 12.2 Å². The fraction of sp³-hybridized carbons (Fsp3) is 0.167. The summed E-state index contributed by atoms with van der Waals surface area (Å²) in [6, 6.07) is 0. The van der Waals surface area contributed by atoms with E-state index in [-0.39, 0.29) is 5.70 Å². The molecule has 0 saturated carbocycles. The van der Waals surface area contributed by atoms with Crippen molar-refractivity contribution < 1.29 is 9.90 Å². The SMILES string of the molecule is NC1=CC=CC(O)C1=O. The number of hydrogen-bond acceptors (Lipinski definition) is 3. The van der Waals surface area contributed by atoms with Crippen LogP contribution in [0.1, 0.15) is 0 Å². The number of nitrogens with two attached hydrogens (primary N) is 1. The molecule has 0 bridgehead atoms. The summed E-state index contributed by atoms with van der Waals surface area (Å²) in [6.07, 6.45) is 3.38. The van der Waals surface area contributed by atoms with Gasteiger partial charge >= 0.3 is 0 Å². The van der Waals surface area contributed by atoms with Crippen LogP contribution in [0.15, 0.2) is 23.9 Å². The van der Waals surface area contributed by atoms with Crippen LogP contribution in [0.5, 0.6) is 0 Å². The number of allylic oxidation sites excluding steroid dienone is 2. The van der Waals surface area contributed by atoms with E-state index in [4.69, 9.17) is 10.8 Å². The number of aliphatic hydroxyl groups excluding tert-OH is 1. The van der Waals surface area contributed by atoms with Gasteiger partial charge in [-0.3, -0.25) is 4.79 Å². The average Bonchev–Trinajstić information content (AvgIpc) is 1.83. The second-order valence-electron chi connectivity index (χ2n) is 1.82. The Morgan fingerprint density at radius 1 is 1.67 bits per heavy atom. The molecule has 1 aliphatic rings. The van der Waals surface area contributed by atoms with Crippen LogP contribution in [0.4, 0.5) is 0 Å². The molecule has 0 saturated heterocycles. The van der Waals surface area contributed by atoms with Crippen molar-refractivity contribution in [1.82, 2.24) is 0 Å². The lowest BCUT2D eigenvalue weighted by Gasteiger charge is -2.06. The predicted octanol–water partition coefficient (Wildman–Crippen LogP) is -0.671. The summed E-state index contributed by atoms with van der Waals surface area (Å²) in [5, 5.41) is 8.79. The number of hydrogen-bond donors (Lipinski definition) is 2. The minimum absolute atomic E-state index is 0.116. The zero-order valence-corrected chi connectivity index (χ0v) is 4.74. The highest BCUT2D eigenvalue weighted by molar-refractivity contribution is 6.00. The van der Waals surface area contributed by atoms with E-state index in [1.54, 1.807) is 6.08 Å². The second kappa shape index (κ2) is 2.03. The number of Topliss-reactive ketones (excluding diaryl/α,β-unsaturated/α-hetero) is 1. The maximum absolute atomic E-state index is 10.6. The van der Waals surface area contributed by atoms with Gasteiger partial charge in [-0.05, 0) is 12.2 Å². The van der Waals surface area contributed by atoms with Gasteiger partial charge < -0.3 is 10.8 Å². The molecule has 0 heterocycles. The quantitative estimate of drug-likeness (QED) is 0.451. The highest BCUT2D eigenvalue weighted by Crippen LogP contribution is 2.02. The third kappa shape index (κ3) is 1.000. The van der Waals surface area contributed by atoms with Crippen molar-refractivity contribution in [3.8, 4) is 0 Å². The molecule has 0 aliphatic heterocycles. The number of ketones is 1. The number of rotatable bonds is 0. The van der Waals surface area contributed by atoms with Gasteiger partial charge in [-0.1, -0.05) is 6.08 Å². The van der Waals surface area contributed by atoms with Crippen LogP contribution >= 0.6 is 0 Å². The monoisotopic (exact) mass is 125 g/mol. The molecule has 1 aliphatic carbocycles. The summed E-state index contributed by atoms with van der Waals surface area (Å²) in [5.74, 6) is -0.419. The highest BCUT2D eigenvalue weighted by atomic mass is 16.3. The van der Waals surface area contributed by atoms with Crippen LogP contribution in [0.2, 0.25) is 0 Å². The maximum atomic E-state index is 10.6. The summed E-state index contributed by atoms with van der Waals surface area (Å²) in [4.78, 5) is 10.6. The Kier molecular flexibility index (Phi) is 1.36. The van der Waals surface area contributed by atoms with Crippen LogP contribution in [0.25, 0.3) is 0 Å². The van der Waals surface area contributed by atoms with Gasteiger partial charge in [-0.15, -0.1) is 0 Å². The van der Waals surface area contributed by atoms with Crippen LogP contribution < -0.4 is 5.73 Å². The van der Waals surface area contributed by atoms with Gasteiger partial charge in [-0.25, -0.2) is 0 Å². The van der Waals surface area contributed by atoms with Crippen LogP contribution in [-0.4, -0.2) is 17.0 Å². The molecule has 0 spiro atoms. The third-order valence-electron chi connectivity index (χ3n) is 1.12. The highest BCUT2D eigenvalue weighted by Gasteiger charge is 2.15. The molecule has 0 aromatic rings. The fourth-order valence-corrected chi connectivity index (χ4v) is 0.605. The molecule has 1 atom stereocenters. The number of aliphatic hydroxyl groups is 1. The lowest BCUT2D eigenvalue weighted by molar-refractivity contribution is -0.121. The molecular formula is C6H7NO2. The van der Waals surface area contributed by atoms with Gasteiger partial charge in [0.15, 0.2) is 0 Å². The molecule has 1 unspecified atom stereocenters. The number of carbonyl (C=O) groups excluding carboxylic acids is 1. The predicted molar refractivity (Wildman–Crippen MR) is 32.4 cm³/mol. The van der Waals surface area contributed by atoms with E-state index in [2.05, 4.69) is 0 Å². The minimum atomic E-state index is -1.03. The van der Waals surface area contributed by atoms with Crippen molar-refractivity contribution in [2.45, 2.75) is 6.10 Å². The summed E-state index contributed by atoms with van der Waals surface area (Å²) < 4.78 is 0. The van der Waals surface area contributed by atoms with E-state index in [1.807, 2.05) is 0 Å². The zero-order valence-electron chi connectivity index (χ0n) is 4.74. The maximum Gasteiger partial charge on any atom is 0.210 e. The Bertz CT molecular complexity index is 193. The normalized spacial score (nSPS) is 26.1. The average molecular weight is 125 g/mol. The molecule has 9 heavy (non-hydrogen) atoms. The van der Waals surface area contributed by atoms with E-state index in [0.717, 1.165) is 0 Å². The molecule has 3 N–H and O–H groups in total. The minimum Gasteiger partial charge on any atom is -0.396 e. The van der Waals surface area contributed by atoms with E-state index in [0.29, 0.717) is 0 Å². The topological polar surface area (TPSA) is 63.3 Å². The number of carbonyl (C=O) groups is 1. The molecule has 48 valence electrons. The lowest BCUT2D eigenvalue weighted by Crippen LogP contribution is -2.25. The molecule has 0 aromatic heterocycles. The summed E-state index contributed by atoms with van der Waals surface area (Å²) in [7, 11) is 0. The first-order valence-electron chi connectivity index (χ1n) is 2.58. The smallest absolute Gasteiger partial charge is 0.210 e. The first-order valence-corrected chi connectivity index (χ1v) is 2.58. The summed E-state index contributed by atoms with van der Waals surface area (Å²) >= 11 is 0. The first kappa shape index (κ1) is 6.04. The van der Waals surface area contributed by atoms with Crippen LogP contribution in [0.3, 0.4) is 0 Å². The second-order valence-corrected chi connectivity index (χ2v) is 1.82. The molecule has 0 aromatic carbocycles. The Morgan fingerprint density at radius 3 is 2.78 bits per heavy atom. The molecule has 0 amide bonds. The van der Waals surface area contributed by atoms with Crippen molar-refractivity contribution in [3.63, 3.8) is 0 Å². The van der Waals surface area contributed by atoms with Crippen LogP contribution in [0, 0.1) is 0 Å². The fourth-order valence-electron chi connectivity index (χ4n) is 0.605. The van der Waals surface area contributed by atoms with Gasteiger partial charge in [0.2, 0.25) is 5.78 Å². The van der Waals surface area contributed by atoms with Crippen molar-refractivity contribution in [2.24, 2.45) is 5.73 Å². The largest absolute Gasteiger partial charge is 0.396 e. The van der Waals surface area contributed by atoms with Gasteiger partial charge in [-0.2, -0.15) is 0 Å². The Morgan fingerprint density at radius 2 is 2.33 bits per heavy atom. The first-order chi connectivity index (χ1) is 4.22. The Hall–Kier alpha value is -1.09. The lowest BCUT2D eigenvalue weighted by atomic mass is 10.1. The van der Waals surface area contributed by atoms with Gasteiger partial charge in [0.05, 0.1) is 5.70 Å². The van der Waals surface area contributed by atoms with Gasteiger partial charge in [0.25, 0.3) is 0 Å². The van der Waals surface area contributed by atoms with Gasteiger partial charge in [0.1, 0.15) is 6.10 Å². The van der Waals surface area contributed by atoms with E-state index < -0.39 is 11.9 Å². The molecule has 0 fully saturated rings. The summed E-state index contributed by atoms with van der Waals surface area (Å²) in [5.41, 5.74) is 5.28. The Balaban J connectivity index is 2.86. The zero-order chi connectivity index (χ0) is 6.85. The Labute approximate surface area is 52.5 Å². The summed E-state index contributed by atoms with van der Waals surface area (Å²) in [6.45, 7) is 0. The van der Waals surface area contributed by atoms with Crippen molar-refractivity contribution >= 4 is 5.78 Å². The molecular weight excluding hydrogens is 118 g/mol. The molecule has 3 nitrogen and oxygen atoms in total. The van der Waals surface area contributed by atoms with Crippen LogP contribution in [-0.2, 0) is 4.79 Å². The molecule has 1 rings (SSSR count). The van der Waals surface area contributed by atoms with Crippen molar-refractivity contribution in [3.05, 3.63) is 23.9 Å². The van der Waals surface area contributed by atoms with Gasteiger partial charge in [0, 0.05) is 0 Å².